The lowest BCUT2D eigenvalue weighted by Crippen LogP contribution is -2.32. The van der Waals surface area contributed by atoms with Crippen molar-refractivity contribution in [3.63, 3.8) is 0 Å². The van der Waals surface area contributed by atoms with Crippen LogP contribution >= 0.6 is 0 Å². The Morgan fingerprint density at radius 3 is 2.68 bits per heavy atom. The van der Waals surface area contributed by atoms with Crippen LogP contribution in [0.1, 0.15) is 30.4 Å². The molecule has 0 bridgehead atoms. The molecule has 2 N–H and O–H groups in total. The molecule has 7 heteroatoms. The summed E-state index contributed by atoms with van der Waals surface area (Å²) in [4.78, 5) is 22.5. The van der Waals surface area contributed by atoms with Gasteiger partial charge >= 0.3 is 12.1 Å². The molecule has 1 fully saturated rings. The van der Waals surface area contributed by atoms with Gasteiger partial charge in [-0.05, 0) is 24.0 Å². The van der Waals surface area contributed by atoms with E-state index >= 15 is 0 Å². The van der Waals surface area contributed by atoms with Gasteiger partial charge in [-0.3, -0.25) is 9.59 Å². The van der Waals surface area contributed by atoms with Gasteiger partial charge in [-0.15, -0.1) is 0 Å². The van der Waals surface area contributed by atoms with Crippen molar-refractivity contribution in [3.05, 3.63) is 35.4 Å². The number of halogens is 3. The molecule has 0 aromatic heterocycles. The minimum Gasteiger partial charge on any atom is -0.481 e. The molecule has 1 amide bonds. The smallest absolute Gasteiger partial charge is 0.416 e. The molecule has 4 nitrogen and oxygen atoms in total. The Labute approximate surface area is 125 Å². The quantitative estimate of drug-likeness (QED) is 0.878. The molecule has 1 aliphatic carbocycles. The number of carboxylic acid groups (broad SMARTS) is 1. The third-order valence-electron chi connectivity index (χ3n) is 3.77. The number of carbonyl (C=O) groups is 2. The lowest BCUT2D eigenvalue weighted by atomic mass is 10.1. The maximum Gasteiger partial charge on any atom is 0.416 e. The molecule has 1 aliphatic rings. The summed E-state index contributed by atoms with van der Waals surface area (Å²) >= 11 is 0. The molecule has 120 valence electrons. The van der Waals surface area contributed by atoms with Gasteiger partial charge in [0.1, 0.15) is 0 Å². The number of nitrogens with one attached hydrogen (secondary N) is 1. The zero-order valence-electron chi connectivity index (χ0n) is 11.9. The summed E-state index contributed by atoms with van der Waals surface area (Å²) < 4.78 is 38.0. The molecule has 1 saturated carbocycles. The van der Waals surface area contributed by atoms with Crippen molar-refractivity contribution >= 4 is 11.9 Å². The van der Waals surface area contributed by atoms with Crippen LogP contribution in [0.25, 0.3) is 0 Å². The largest absolute Gasteiger partial charge is 0.481 e. The number of amides is 1. The van der Waals surface area contributed by atoms with Crippen LogP contribution in [0.5, 0.6) is 0 Å². The van der Waals surface area contributed by atoms with Gasteiger partial charge < -0.3 is 10.4 Å². The van der Waals surface area contributed by atoms with Crippen LogP contribution in [0, 0.1) is 11.8 Å². The van der Waals surface area contributed by atoms with E-state index < -0.39 is 23.6 Å². The first-order valence-electron chi connectivity index (χ1n) is 6.88. The van der Waals surface area contributed by atoms with Crippen LogP contribution in [0.3, 0.4) is 0 Å². The topological polar surface area (TPSA) is 66.4 Å². The van der Waals surface area contributed by atoms with Crippen molar-refractivity contribution in [2.45, 2.75) is 25.4 Å². The monoisotopic (exact) mass is 315 g/mol. The summed E-state index contributed by atoms with van der Waals surface area (Å²) in [5, 5.41) is 11.3. The van der Waals surface area contributed by atoms with E-state index in [2.05, 4.69) is 5.32 Å². The maximum absolute atomic E-state index is 12.7. The number of carboxylic acids is 1. The molecule has 22 heavy (non-hydrogen) atoms. The van der Waals surface area contributed by atoms with Gasteiger partial charge in [-0.1, -0.05) is 25.1 Å². The van der Waals surface area contributed by atoms with Gasteiger partial charge in [0.2, 0.25) is 5.91 Å². The van der Waals surface area contributed by atoms with Crippen molar-refractivity contribution < 1.29 is 27.9 Å². The van der Waals surface area contributed by atoms with E-state index in [1.807, 2.05) is 0 Å². The Morgan fingerprint density at radius 1 is 1.41 bits per heavy atom. The second-order valence-corrected chi connectivity index (χ2v) is 5.56. The molecule has 0 spiro atoms. The third-order valence-corrected chi connectivity index (χ3v) is 3.77. The highest BCUT2D eigenvalue weighted by molar-refractivity contribution is 5.83. The van der Waals surface area contributed by atoms with E-state index in [1.54, 1.807) is 6.07 Å². The molecule has 0 heterocycles. The summed E-state index contributed by atoms with van der Waals surface area (Å²) in [6, 6.07) is 4.97. The molecule has 0 aliphatic heterocycles. The van der Waals surface area contributed by atoms with Crippen LogP contribution < -0.4 is 5.32 Å². The molecule has 2 rings (SSSR count). The number of benzene rings is 1. The molecule has 1 aromatic rings. The fraction of sp³-hybridized carbons (Fsp3) is 0.467. The van der Waals surface area contributed by atoms with E-state index in [4.69, 9.17) is 5.11 Å². The number of alkyl halides is 3. The zero-order valence-corrected chi connectivity index (χ0v) is 11.9. The van der Waals surface area contributed by atoms with E-state index in [-0.39, 0.29) is 24.3 Å². The number of hydrogen-bond donors (Lipinski definition) is 2. The predicted molar refractivity (Wildman–Crippen MR) is 72.1 cm³/mol. The first-order valence-corrected chi connectivity index (χ1v) is 6.88. The molecule has 0 saturated heterocycles. The van der Waals surface area contributed by atoms with Crippen LogP contribution in [-0.2, 0) is 15.8 Å². The van der Waals surface area contributed by atoms with Gasteiger partial charge in [0.15, 0.2) is 0 Å². The Morgan fingerprint density at radius 2 is 2.09 bits per heavy atom. The van der Waals surface area contributed by atoms with Gasteiger partial charge in [-0.2, -0.15) is 13.2 Å². The average Bonchev–Trinajstić information content (AvgIpc) is 3.24. The Balaban J connectivity index is 1.95. The van der Waals surface area contributed by atoms with Crippen LogP contribution in [0.2, 0.25) is 0 Å². The normalized spacial score (nSPS) is 22.0. The molecule has 0 radical (unpaired) electrons. The molecular formula is C15H16F3NO3. The number of carbonyl (C=O) groups excluding carboxylic acids is 1. The van der Waals surface area contributed by atoms with Gasteiger partial charge in [0, 0.05) is 12.5 Å². The zero-order chi connectivity index (χ0) is 16.5. The van der Waals surface area contributed by atoms with Crippen LogP contribution in [0.4, 0.5) is 13.2 Å². The van der Waals surface area contributed by atoms with Crippen molar-refractivity contribution in [1.29, 1.82) is 0 Å². The van der Waals surface area contributed by atoms with Crippen LogP contribution in [-0.4, -0.2) is 23.5 Å². The van der Waals surface area contributed by atoms with Crippen LogP contribution in [0.15, 0.2) is 24.3 Å². The Bertz CT molecular complexity index is 586. The highest BCUT2D eigenvalue weighted by Gasteiger charge is 2.44. The van der Waals surface area contributed by atoms with E-state index in [9.17, 15) is 22.8 Å². The second kappa shape index (κ2) is 5.98. The SMILES string of the molecule is C[C@H](CNC(=O)[C@@H]1C[C@@H]1c1cccc(C(F)(F)F)c1)C(=O)O. The Hall–Kier alpha value is -2.05. The lowest BCUT2D eigenvalue weighted by Gasteiger charge is -2.10. The van der Waals surface area contributed by atoms with Crippen molar-refractivity contribution in [2.24, 2.45) is 11.8 Å². The molecular weight excluding hydrogens is 299 g/mol. The summed E-state index contributed by atoms with van der Waals surface area (Å²) in [5.74, 6) is -2.64. The summed E-state index contributed by atoms with van der Waals surface area (Å²) in [5.41, 5.74) is -0.239. The average molecular weight is 315 g/mol. The molecule has 0 unspecified atom stereocenters. The molecule has 3 atom stereocenters. The first kappa shape index (κ1) is 16.3. The molecule has 1 aromatic carbocycles. The summed E-state index contributed by atoms with van der Waals surface area (Å²) in [6.45, 7) is 1.49. The maximum atomic E-state index is 12.7. The van der Waals surface area contributed by atoms with E-state index in [0.29, 0.717) is 12.0 Å². The highest BCUT2D eigenvalue weighted by atomic mass is 19.4. The van der Waals surface area contributed by atoms with E-state index in [1.165, 1.54) is 13.0 Å². The second-order valence-electron chi connectivity index (χ2n) is 5.56. The van der Waals surface area contributed by atoms with Gasteiger partial charge in [0.25, 0.3) is 0 Å². The first-order chi connectivity index (χ1) is 10.2. The fourth-order valence-electron chi connectivity index (χ4n) is 2.27. The number of hydrogen-bond acceptors (Lipinski definition) is 2. The predicted octanol–water partition coefficient (Wildman–Crippen LogP) is 2.65. The highest BCUT2D eigenvalue weighted by Crippen LogP contribution is 2.48. The van der Waals surface area contributed by atoms with E-state index in [0.717, 1.165) is 12.1 Å². The lowest BCUT2D eigenvalue weighted by molar-refractivity contribution is -0.141. The van der Waals surface area contributed by atoms with Gasteiger partial charge in [0.05, 0.1) is 11.5 Å². The van der Waals surface area contributed by atoms with Crippen molar-refractivity contribution in [2.75, 3.05) is 6.54 Å². The number of aliphatic carboxylic acids is 1. The van der Waals surface area contributed by atoms with Crippen molar-refractivity contribution in [1.82, 2.24) is 5.32 Å². The van der Waals surface area contributed by atoms with Crippen molar-refractivity contribution in [3.8, 4) is 0 Å². The minimum atomic E-state index is -4.40. The summed E-state index contributed by atoms with van der Waals surface area (Å²) in [7, 11) is 0. The third kappa shape index (κ3) is 3.78. The number of rotatable bonds is 5. The minimum absolute atomic E-state index is 0.0139. The summed E-state index contributed by atoms with van der Waals surface area (Å²) in [6.07, 6.45) is -3.92. The Kier molecular flexibility index (Phi) is 4.44. The fourth-order valence-corrected chi connectivity index (χ4v) is 2.27. The standard InChI is InChI=1S/C15H16F3NO3/c1-8(14(21)22)7-19-13(20)12-6-11(12)9-3-2-4-10(5-9)15(16,17)18/h2-5,8,11-12H,6-7H2,1H3,(H,19,20)(H,21,22)/t8-,11-,12-/m1/s1. The van der Waals surface area contributed by atoms with Gasteiger partial charge in [-0.25, -0.2) is 0 Å².